The SMILES string of the molecule is Cc1cncc(Br)c1C1CCNC1. The summed E-state index contributed by atoms with van der Waals surface area (Å²) >= 11 is 3.57. The van der Waals surface area contributed by atoms with Crippen LogP contribution in [0.15, 0.2) is 16.9 Å². The van der Waals surface area contributed by atoms with Crippen LogP contribution in [-0.2, 0) is 0 Å². The first-order valence-corrected chi connectivity index (χ1v) is 5.39. The molecule has 0 amide bonds. The van der Waals surface area contributed by atoms with E-state index in [4.69, 9.17) is 0 Å². The van der Waals surface area contributed by atoms with E-state index in [0.717, 1.165) is 17.6 Å². The normalized spacial score (nSPS) is 22.2. The van der Waals surface area contributed by atoms with Crippen molar-refractivity contribution < 1.29 is 0 Å². The molecule has 1 aliphatic heterocycles. The summed E-state index contributed by atoms with van der Waals surface area (Å²) in [5.74, 6) is 0.664. The number of aromatic nitrogens is 1. The van der Waals surface area contributed by atoms with Crippen molar-refractivity contribution in [1.29, 1.82) is 0 Å². The molecule has 1 aliphatic rings. The van der Waals surface area contributed by atoms with E-state index in [1.165, 1.54) is 17.5 Å². The standard InChI is InChI=1S/C10H13BrN2/c1-7-4-13-6-9(11)10(7)8-2-3-12-5-8/h4,6,8,12H,2-3,5H2,1H3. The molecule has 0 radical (unpaired) electrons. The molecule has 1 fully saturated rings. The highest BCUT2D eigenvalue weighted by Gasteiger charge is 2.20. The lowest BCUT2D eigenvalue weighted by Crippen LogP contribution is -2.09. The average Bonchev–Trinajstić information content (AvgIpc) is 2.57. The van der Waals surface area contributed by atoms with Gasteiger partial charge >= 0.3 is 0 Å². The van der Waals surface area contributed by atoms with Crippen LogP contribution in [0.3, 0.4) is 0 Å². The summed E-state index contributed by atoms with van der Waals surface area (Å²) in [6.45, 7) is 4.37. The Morgan fingerprint density at radius 1 is 1.54 bits per heavy atom. The van der Waals surface area contributed by atoms with Crippen LogP contribution in [0.25, 0.3) is 0 Å². The van der Waals surface area contributed by atoms with Crippen molar-refractivity contribution in [3.63, 3.8) is 0 Å². The summed E-state index contributed by atoms with van der Waals surface area (Å²) in [6, 6.07) is 0. The number of halogens is 1. The maximum Gasteiger partial charge on any atom is 0.0413 e. The van der Waals surface area contributed by atoms with Gasteiger partial charge < -0.3 is 5.32 Å². The van der Waals surface area contributed by atoms with Crippen LogP contribution in [0, 0.1) is 6.92 Å². The zero-order valence-corrected chi connectivity index (χ0v) is 9.26. The minimum absolute atomic E-state index is 0.664. The second-order valence-electron chi connectivity index (χ2n) is 3.54. The van der Waals surface area contributed by atoms with E-state index in [2.05, 4.69) is 33.2 Å². The van der Waals surface area contributed by atoms with E-state index in [0.29, 0.717) is 5.92 Å². The number of hydrogen-bond acceptors (Lipinski definition) is 2. The Hall–Kier alpha value is -0.410. The van der Waals surface area contributed by atoms with Crippen LogP contribution in [0.5, 0.6) is 0 Å². The lowest BCUT2D eigenvalue weighted by Gasteiger charge is -2.13. The predicted molar refractivity (Wildman–Crippen MR) is 56.9 cm³/mol. The van der Waals surface area contributed by atoms with Gasteiger partial charge in [-0.2, -0.15) is 0 Å². The monoisotopic (exact) mass is 240 g/mol. The van der Waals surface area contributed by atoms with E-state index in [1.807, 2.05) is 12.4 Å². The summed E-state index contributed by atoms with van der Waals surface area (Å²) in [4.78, 5) is 4.15. The Morgan fingerprint density at radius 3 is 3.00 bits per heavy atom. The molecule has 1 N–H and O–H groups in total. The molecule has 2 heterocycles. The van der Waals surface area contributed by atoms with E-state index in [1.54, 1.807) is 0 Å². The largest absolute Gasteiger partial charge is 0.316 e. The number of rotatable bonds is 1. The van der Waals surface area contributed by atoms with Crippen molar-refractivity contribution in [2.45, 2.75) is 19.3 Å². The van der Waals surface area contributed by atoms with Crippen LogP contribution in [0.4, 0.5) is 0 Å². The Morgan fingerprint density at radius 2 is 2.38 bits per heavy atom. The average molecular weight is 241 g/mol. The summed E-state index contributed by atoms with van der Waals surface area (Å²) in [5, 5.41) is 3.38. The molecule has 1 unspecified atom stereocenters. The van der Waals surface area contributed by atoms with Crippen molar-refractivity contribution >= 4 is 15.9 Å². The molecule has 0 spiro atoms. The van der Waals surface area contributed by atoms with Gasteiger partial charge in [0, 0.05) is 23.4 Å². The molecule has 1 atom stereocenters. The minimum Gasteiger partial charge on any atom is -0.316 e. The molecule has 13 heavy (non-hydrogen) atoms. The Balaban J connectivity index is 2.37. The summed E-state index contributed by atoms with van der Waals surface area (Å²) < 4.78 is 1.15. The highest BCUT2D eigenvalue weighted by molar-refractivity contribution is 9.10. The molecule has 2 rings (SSSR count). The molecule has 0 aromatic carbocycles. The van der Waals surface area contributed by atoms with Gasteiger partial charge in [0.1, 0.15) is 0 Å². The minimum atomic E-state index is 0.664. The number of nitrogens with zero attached hydrogens (tertiary/aromatic N) is 1. The topological polar surface area (TPSA) is 24.9 Å². The number of aryl methyl sites for hydroxylation is 1. The fraction of sp³-hybridized carbons (Fsp3) is 0.500. The maximum atomic E-state index is 4.15. The first-order valence-electron chi connectivity index (χ1n) is 4.60. The maximum absolute atomic E-state index is 4.15. The van der Waals surface area contributed by atoms with Crippen molar-refractivity contribution in [1.82, 2.24) is 10.3 Å². The third-order valence-corrected chi connectivity index (χ3v) is 3.24. The van der Waals surface area contributed by atoms with Crippen LogP contribution >= 0.6 is 15.9 Å². The Bertz CT molecular complexity index is 286. The molecule has 70 valence electrons. The highest BCUT2D eigenvalue weighted by atomic mass is 79.9. The Kier molecular flexibility index (Phi) is 2.65. The van der Waals surface area contributed by atoms with E-state index < -0.39 is 0 Å². The lowest BCUT2D eigenvalue weighted by atomic mass is 9.96. The highest BCUT2D eigenvalue weighted by Crippen LogP contribution is 2.30. The molecule has 0 aliphatic carbocycles. The number of pyridine rings is 1. The van der Waals surface area contributed by atoms with Gasteiger partial charge in [-0.15, -0.1) is 0 Å². The predicted octanol–water partition coefficient (Wildman–Crippen LogP) is 2.23. The van der Waals surface area contributed by atoms with E-state index in [9.17, 15) is 0 Å². The van der Waals surface area contributed by atoms with Gasteiger partial charge in [-0.3, -0.25) is 4.98 Å². The third-order valence-electron chi connectivity index (χ3n) is 2.61. The second kappa shape index (κ2) is 3.76. The first-order chi connectivity index (χ1) is 6.29. The number of nitrogens with one attached hydrogen (secondary N) is 1. The molecule has 0 saturated carbocycles. The van der Waals surface area contributed by atoms with Gasteiger partial charge in [-0.25, -0.2) is 0 Å². The molecule has 2 nitrogen and oxygen atoms in total. The first kappa shape index (κ1) is 9.16. The van der Waals surface area contributed by atoms with Gasteiger partial charge in [-0.05, 0) is 52.9 Å². The van der Waals surface area contributed by atoms with Gasteiger partial charge in [0.25, 0.3) is 0 Å². The Labute approximate surface area is 86.9 Å². The van der Waals surface area contributed by atoms with E-state index >= 15 is 0 Å². The van der Waals surface area contributed by atoms with Crippen molar-refractivity contribution in [3.8, 4) is 0 Å². The summed E-state index contributed by atoms with van der Waals surface area (Å²) in [6.07, 6.45) is 5.07. The molecule has 1 aromatic heterocycles. The van der Waals surface area contributed by atoms with Crippen LogP contribution in [0.2, 0.25) is 0 Å². The fourth-order valence-electron chi connectivity index (χ4n) is 1.96. The summed E-state index contributed by atoms with van der Waals surface area (Å²) in [7, 11) is 0. The van der Waals surface area contributed by atoms with E-state index in [-0.39, 0.29) is 0 Å². The smallest absolute Gasteiger partial charge is 0.0413 e. The molecule has 3 heteroatoms. The third kappa shape index (κ3) is 1.76. The number of hydrogen-bond donors (Lipinski definition) is 1. The molecular weight excluding hydrogens is 228 g/mol. The van der Waals surface area contributed by atoms with Crippen molar-refractivity contribution in [3.05, 3.63) is 28.0 Å². The molecular formula is C10H13BrN2. The second-order valence-corrected chi connectivity index (χ2v) is 4.40. The summed E-state index contributed by atoms with van der Waals surface area (Å²) in [5.41, 5.74) is 2.73. The van der Waals surface area contributed by atoms with Crippen LogP contribution in [-0.4, -0.2) is 18.1 Å². The molecule has 0 bridgehead atoms. The van der Waals surface area contributed by atoms with Gasteiger partial charge in [0.05, 0.1) is 0 Å². The van der Waals surface area contributed by atoms with Crippen LogP contribution in [0.1, 0.15) is 23.5 Å². The fourth-order valence-corrected chi connectivity index (χ4v) is 2.71. The van der Waals surface area contributed by atoms with Crippen molar-refractivity contribution in [2.24, 2.45) is 0 Å². The molecule has 1 aromatic rings. The van der Waals surface area contributed by atoms with Gasteiger partial charge in [0.2, 0.25) is 0 Å². The van der Waals surface area contributed by atoms with Gasteiger partial charge in [-0.1, -0.05) is 0 Å². The van der Waals surface area contributed by atoms with Crippen molar-refractivity contribution in [2.75, 3.05) is 13.1 Å². The zero-order valence-electron chi connectivity index (χ0n) is 7.68. The van der Waals surface area contributed by atoms with Crippen LogP contribution < -0.4 is 5.32 Å². The van der Waals surface area contributed by atoms with Gasteiger partial charge in [0.15, 0.2) is 0 Å². The lowest BCUT2D eigenvalue weighted by molar-refractivity contribution is 0.750. The quantitative estimate of drug-likeness (QED) is 0.815. The molecule has 1 saturated heterocycles. The zero-order chi connectivity index (χ0) is 9.26.